The summed E-state index contributed by atoms with van der Waals surface area (Å²) in [6, 6.07) is 8.38. The summed E-state index contributed by atoms with van der Waals surface area (Å²) in [4.78, 5) is 13.6. The molecule has 2 nitrogen and oxygen atoms in total. The predicted octanol–water partition coefficient (Wildman–Crippen LogP) is 3.14. The Labute approximate surface area is 98.3 Å². The van der Waals surface area contributed by atoms with Crippen molar-refractivity contribution < 1.29 is 4.79 Å². The number of rotatable bonds is 5. The van der Waals surface area contributed by atoms with Gasteiger partial charge in [-0.3, -0.25) is 4.79 Å². The van der Waals surface area contributed by atoms with Gasteiger partial charge in [-0.25, -0.2) is 0 Å². The van der Waals surface area contributed by atoms with Gasteiger partial charge < -0.3 is 4.90 Å². The third-order valence-corrected chi connectivity index (χ3v) is 2.64. The fourth-order valence-corrected chi connectivity index (χ4v) is 1.70. The van der Waals surface area contributed by atoms with Crippen molar-refractivity contribution in [3.63, 3.8) is 0 Å². The highest BCUT2D eigenvalue weighted by Gasteiger charge is 2.10. The van der Waals surface area contributed by atoms with E-state index in [1.165, 1.54) is 11.1 Å². The van der Waals surface area contributed by atoms with Gasteiger partial charge in [-0.15, -0.1) is 0 Å². The van der Waals surface area contributed by atoms with Crippen LogP contribution in [-0.4, -0.2) is 17.4 Å². The zero-order chi connectivity index (χ0) is 12.0. The molecule has 0 heterocycles. The Morgan fingerprint density at radius 2 is 1.81 bits per heavy atom. The van der Waals surface area contributed by atoms with Crippen molar-refractivity contribution in [1.29, 1.82) is 0 Å². The van der Waals surface area contributed by atoms with Crippen LogP contribution in [0.15, 0.2) is 24.3 Å². The minimum atomic E-state index is 0.238. The topological polar surface area (TPSA) is 20.3 Å². The SMILES string of the molecule is CCCN(Cc1ccc(C)cc1)C(=O)CC. The largest absolute Gasteiger partial charge is 0.338 e. The molecule has 1 amide bonds. The van der Waals surface area contributed by atoms with E-state index in [2.05, 4.69) is 38.1 Å². The Morgan fingerprint density at radius 1 is 1.19 bits per heavy atom. The molecule has 16 heavy (non-hydrogen) atoms. The first-order chi connectivity index (χ1) is 7.67. The fourth-order valence-electron chi connectivity index (χ4n) is 1.70. The van der Waals surface area contributed by atoms with E-state index >= 15 is 0 Å². The van der Waals surface area contributed by atoms with Gasteiger partial charge in [-0.1, -0.05) is 43.7 Å². The summed E-state index contributed by atoms with van der Waals surface area (Å²) >= 11 is 0. The summed E-state index contributed by atoms with van der Waals surface area (Å²) < 4.78 is 0. The molecule has 0 unspecified atom stereocenters. The Balaban J connectivity index is 2.67. The molecule has 0 spiro atoms. The zero-order valence-electron chi connectivity index (χ0n) is 10.5. The first kappa shape index (κ1) is 12.8. The number of aryl methyl sites for hydroxylation is 1. The summed E-state index contributed by atoms with van der Waals surface area (Å²) in [5.41, 5.74) is 2.47. The molecule has 0 fully saturated rings. The highest BCUT2D eigenvalue weighted by Crippen LogP contribution is 2.08. The van der Waals surface area contributed by atoms with Crippen LogP contribution in [0, 0.1) is 6.92 Å². The predicted molar refractivity (Wildman–Crippen MR) is 67.2 cm³/mol. The molecule has 0 aliphatic carbocycles. The summed E-state index contributed by atoms with van der Waals surface area (Å²) in [7, 11) is 0. The van der Waals surface area contributed by atoms with Crippen LogP contribution >= 0.6 is 0 Å². The number of nitrogens with zero attached hydrogens (tertiary/aromatic N) is 1. The van der Waals surface area contributed by atoms with Gasteiger partial charge in [0.2, 0.25) is 5.91 Å². The van der Waals surface area contributed by atoms with Crippen molar-refractivity contribution in [2.24, 2.45) is 0 Å². The van der Waals surface area contributed by atoms with Gasteiger partial charge >= 0.3 is 0 Å². The van der Waals surface area contributed by atoms with Gasteiger partial charge in [0.1, 0.15) is 0 Å². The number of hydrogen-bond donors (Lipinski definition) is 0. The molecule has 0 saturated heterocycles. The van der Waals surface area contributed by atoms with Crippen LogP contribution in [0.1, 0.15) is 37.8 Å². The van der Waals surface area contributed by atoms with E-state index in [9.17, 15) is 4.79 Å². The maximum atomic E-state index is 11.7. The molecule has 0 aromatic heterocycles. The number of carbonyl (C=O) groups is 1. The quantitative estimate of drug-likeness (QED) is 0.745. The van der Waals surface area contributed by atoms with Gasteiger partial charge in [0.15, 0.2) is 0 Å². The van der Waals surface area contributed by atoms with Crippen LogP contribution in [0.2, 0.25) is 0 Å². The van der Waals surface area contributed by atoms with Crippen molar-refractivity contribution in [2.75, 3.05) is 6.54 Å². The Hall–Kier alpha value is -1.31. The minimum Gasteiger partial charge on any atom is -0.338 e. The second-order valence-electron chi connectivity index (χ2n) is 4.15. The van der Waals surface area contributed by atoms with Crippen molar-refractivity contribution >= 4 is 5.91 Å². The second kappa shape index (κ2) is 6.31. The molecule has 88 valence electrons. The number of carbonyl (C=O) groups excluding carboxylic acids is 1. The molecule has 0 radical (unpaired) electrons. The van der Waals surface area contributed by atoms with E-state index < -0.39 is 0 Å². The average molecular weight is 219 g/mol. The highest BCUT2D eigenvalue weighted by atomic mass is 16.2. The molecule has 1 rings (SSSR count). The lowest BCUT2D eigenvalue weighted by molar-refractivity contribution is -0.131. The number of amides is 1. The molecule has 0 saturated carbocycles. The summed E-state index contributed by atoms with van der Waals surface area (Å²) in [5.74, 6) is 0.238. The van der Waals surface area contributed by atoms with Gasteiger partial charge in [-0.05, 0) is 18.9 Å². The zero-order valence-corrected chi connectivity index (χ0v) is 10.5. The van der Waals surface area contributed by atoms with Gasteiger partial charge in [0, 0.05) is 19.5 Å². The number of hydrogen-bond acceptors (Lipinski definition) is 1. The second-order valence-corrected chi connectivity index (χ2v) is 4.15. The van der Waals surface area contributed by atoms with E-state index in [1.807, 2.05) is 11.8 Å². The first-order valence-corrected chi connectivity index (χ1v) is 6.00. The van der Waals surface area contributed by atoms with E-state index in [0.717, 1.165) is 19.5 Å². The number of benzene rings is 1. The van der Waals surface area contributed by atoms with Crippen molar-refractivity contribution in [1.82, 2.24) is 4.90 Å². The van der Waals surface area contributed by atoms with Crippen molar-refractivity contribution in [2.45, 2.75) is 40.2 Å². The normalized spacial score (nSPS) is 10.2. The molecule has 2 heteroatoms. The van der Waals surface area contributed by atoms with Crippen LogP contribution in [0.25, 0.3) is 0 Å². The molecule has 0 bridgehead atoms. The molecular weight excluding hydrogens is 198 g/mol. The van der Waals surface area contributed by atoms with Gasteiger partial charge in [0.25, 0.3) is 0 Å². The monoisotopic (exact) mass is 219 g/mol. The Morgan fingerprint density at radius 3 is 2.31 bits per heavy atom. The lowest BCUT2D eigenvalue weighted by atomic mass is 10.1. The first-order valence-electron chi connectivity index (χ1n) is 6.00. The highest BCUT2D eigenvalue weighted by molar-refractivity contribution is 5.75. The summed E-state index contributed by atoms with van der Waals surface area (Å²) in [5, 5.41) is 0. The Bertz CT molecular complexity index is 329. The molecule has 0 aliphatic rings. The van der Waals surface area contributed by atoms with E-state index in [1.54, 1.807) is 0 Å². The smallest absolute Gasteiger partial charge is 0.222 e. The van der Waals surface area contributed by atoms with Gasteiger partial charge in [0.05, 0.1) is 0 Å². The third kappa shape index (κ3) is 3.69. The van der Waals surface area contributed by atoms with Crippen molar-refractivity contribution in [3.05, 3.63) is 35.4 Å². The minimum absolute atomic E-state index is 0.238. The molecule has 0 atom stereocenters. The summed E-state index contributed by atoms with van der Waals surface area (Å²) in [6.45, 7) is 7.68. The Kier molecular flexibility index (Phi) is 5.03. The van der Waals surface area contributed by atoms with Crippen LogP contribution in [0.3, 0.4) is 0 Å². The van der Waals surface area contributed by atoms with Crippen LogP contribution in [0.4, 0.5) is 0 Å². The van der Waals surface area contributed by atoms with Crippen LogP contribution in [0.5, 0.6) is 0 Å². The van der Waals surface area contributed by atoms with Gasteiger partial charge in [-0.2, -0.15) is 0 Å². The molecule has 0 N–H and O–H groups in total. The summed E-state index contributed by atoms with van der Waals surface area (Å²) in [6.07, 6.45) is 1.60. The van der Waals surface area contributed by atoms with E-state index in [-0.39, 0.29) is 5.91 Å². The van der Waals surface area contributed by atoms with Crippen molar-refractivity contribution in [3.8, 4) is 0 Å². The fraction of sp³-hybridized carbons (Fsp3) is 0.500. The maximum absolute atomic E-state index is 11.7. The van der Waals surface area contributed by atoms with Crippen LogP contribution < -0.4 is 0 Å². The standard InChI is InChI=1S/C14H21NO/c1-4-10-15(14(16)5-2)11-13-8-6-12(3)7-9-13/h6-9H,4-5,10-11H2,1-3H3. The van der Waals surface area contributed by atoms with E-state index in [0.29, 0.717) is 6.42 Å². The maximum Gasteiger partial charge on any atom is 0.222 e. The lowest BCUT2D eigenvalue weighted by Gasteiger charge is -2.21. The van der Waals surface area contributed by atoms with Crippen LogP contribution in [-0.2, 0) is 11.3 Å². The van der Waals surface area contributed by atoms with E-state index in [4.69, 9.17) is 0 Å². The molecular formula is C14H21NO. The third-order valence-electron chi connectivity index (χ3n) is 2.64. The average Bonchev–Trinajstić information content (AvgIpc) is 2.30. The molecule has 1 aromatic rings. The molecule has 1 aromatic carbocycles. The molecule has 0 aliphatic heterocycles. The lowest BCUT2D eigenvalue weighted by Crippen LogP contribution is -2.30.